The largest absolute Gasteiger partial charge is 0.481 e. The molecule has 5 heteroatoms. The van der Waals surface area contributed by atoms with Gasteiger partial charge in [0.1, 0.15) is 5.82 Å². The Bertz CT molecular complexity index is 776. The second kappa shape index (κ2) is 7.55. The highest BCUT2D eigenvalue weighted by Gasteiger charge is 2.12. The van der Waals surface area contributed by atoms with Gasteiger partial charge in [0.25, 0.3) is 0 Å². The maximum Gasteiger partial charge on any atom is 0.303 e. The third kappa shape index (κ3) is 4.29. The fourth-order valence-corrected chi connectivity index (χ4v) is 3.19. The summed E-state index contributed by atoms with van der Waals surface area (Å²) in [5.41, 5.74) is 4.95. The standard InChI is InChI=1S/C20H23FN2O2/c1-23(13-14-4-5-16-3-2-10-22-19(16)11-14)17-8-6-15(18(21)12-17)7-9-20(24)25/h4-6,8,11-12,22H,2-3,7,9-10,13H2,1H3,(H,24,25). The van der Waals surface area contributed by atoms with Crippen LogP contribution in [0.3, 0.4) is 0 Å². The molecule has 25 heavy (non-hydrogen) atoms. The summed E-state index contributed by atoms with van der Waals surface area (Å²) < 4.78 is 14.2. The predicted molar refractivity (Wildman–Crippen MR) is 97.7 cm³/mol. The van der Waals surface area contributed by atoms with Crippen LogP contribution in [0.5, 0.6) is 0 Å². The second-order valence-corrected chi connectivity index (χ2v) is 6.55. The number of carboxylic acids is 1. The van der Waals surface area contributed by atoms with E-state index < -0.39 is 5.97 Å². The van der Waals surface area contributed by atoms with E-state index in [4.69, 9.17) is 5.11 Å². The third-order valence-corrected chi connectivity index (χ3v) is 4.62. The summed E-state index contributed by atoms with van der Waals surface area (Å²) in [7, 11) is 1.93. The molecule has 0 aliphatic carbocycles. The van der Waals surface area contributed by atoms with Gasteiger partial charge in [0.15, 0.2) is 0 Å². The van der Waals surface area contributed by atoms with Crippen LogP contribution in [0.15, 0.2) is 36.4 Å². The molecule has 0 amide bonds. The summed E-state index contributed by atoms with van der Waals surface area (Å²) in [6.45, 7) is 1.69. The Morgan fingerprint density at radius 1 is 1.28 bits per heavy atom. The third-order valence-electron chi connectivity index (χ3n) is 4.62. The molecule has 0 fully saturated rings. The Morgan fingerprint density at radius 2 is 2.12 bits per heavy atom. The lowest BCUT2D eigenvalue weighted by Crippen LogP contribution is -2.18. The lowest BCUT2D eigenvalue weighted by Gasteiger charge is -2.23. The Kier molecular flexibility index (Phi) is 5.22. The van der Waals surface area contributed by atoms with Crippen LogP contribution in [0.25, 0.3) is 0 Å². The van der Waals surface area contributed by atoms with Gasteiger partial charge in [0, 0.05) is 37.9 Å². The van der Waals surface area contributed by atoms with Crippen LogP contribution < -0.4 is 10.2 Å². The molecular formula is C20H23FN2O2. The normalized spacial score (nSPS) is 13.0. The van der Waals surface area contributed by atoms with Gasteiger partial charge < -0.3 is 15.3 Å². The van der Waals surface area contributed by atoms with E-state index in [0.717, 1.165) is 18.7 Å². The maximum absolute atomic E-state index is 14.2. The van der Waals surface area contributed by atoms with Crippen molar-refractivity contribution in [3.05, 3.63) is 58.9 Å². The first kappa shape index (κ1) is 17.3. The predicted octanol–water partition coefficient (Wildman–Crippen LogP) is 3.84. The molecule has 0 radical (unpaired) electrons. The molecular weight excluding hydrogens is 319 g/mol. The maximum atomic E-state index is 14.2. The monoisotopic (exact) mass is 342 g/mol. The van der Waals surface area contributed by atoms with Crippen molar-refractivity contribution in [1.29, 1.82) is 0 Å². The van der Waals surface area contributed by atoms with Crippen LogP contribution in [0.1, 0.15) is 29.5 Å². The Hall–Kier alpha value is -2.56. The molecule has 4 nitrogen and oxygen atoms in total. The molecule has 0 saturated carbocycles. The van der Waals surface area contributed by atoms with E-state index in [1.54, 1.807) is 6.07 Å². The summed E-state index contributed by atoms with van der Waals surface area (Å²) in [5, 5.41) is 12.2. The average Bonchev–Trinajstić information content (AvgIpc) is 2.60. The second-order valence-electron chi connectivity index (χ2n) is 6.55. The zero-order chi connectivity index (χ0) is 17.8. The van der Waals surface area contributed by atoms with Crippen molar-refractivity contribution in [2.45, 2.75) is 32.2 Å². The molecule has 0 aromatic heterocycles. The minimum absolute atomic E-state index is 0.0613. The Labute approximate surface area is 147 Å². The fraction of sp³-hybridized carbons (Fsp3) is 0.350. The minimum atomic E-state index is -0.915. The van der Waals surface area contributed by atoms with Gasteiger partial charge in [-0.1, -0.05) is 18.2 Å². The molecule has 0 unspecified atom stereocenters. The van der Waals surface area contributed by atoms with Crippen LogP contribution in [-0.4, -0.2) is 24.7 Å². The van der Waals surface area contributed by atoms with E-state index in [1.807, 2.05) is 18.0 Å². The molecule has 1 heterocycles. The van der Waals surface area contributed by atoms with E-state index in [-0.39, 0.29) is 18.7 Å². The van der Waals surface area contributed by atoms with E-state index in [2.05, 4.69) is 23.5 Å². The lowest BCUT2D eigenvalue weighted by atomic mass is 10.0. The van der Waals surface area contributed by atoms with Gasteiger partial charge in [-0.05, 0) is 54.2 Å². The Morgan fingerprint density at radius 3 is 2.88 bits per heavy atom. The minimum Gasteiger partial charge on any atom is -0.481 e. The molecule has 0 saturated heterocycles. The van der Waals surface area contributed by atoms with Crippen molar-refractivity contribution in [1.82, 2.24) is 0 Å². The number of rotatable bonds is 6. The summed E-state index contributed by atoms with van der Waals surface area (Å²) >= 11 is 0. The number of anilines is 2. The zero-order valence-corrected chi connectivity index (χ0v) is 14.4. The van der Waals surface area contributed by atoms with E-state index in [1.165, 1.54) is 29.3 Å². The van der Waals surface area contributed by atoms with Crippen molar-refractivity contribution in [3.63, 3.8) is 0 Å². The topological polar surface area (TPSA) is 52.6 Å². The molecule has 0 atom stereocenters. The number of hydrogen-bond acceptors (Lipinski definition) is 3. The van der Waals surface area contributed by atoms with Crippen LogP contribution in [-0.2, 0) is 24.2 Å². The lowest BCUT2D eigenvalue weighted by molar-refractivity contribution is -0.136. The van der Waals surface area contributed by atoms with Gasteiger partial charge in [0.05, 0.1) is 0 Å². The summed E-state index contributed by atoms with van der Waals surface area (Å²) in [6, 6.07) is 11.5. The van der Waals surface area contributed by atoms with Crippen molar-refractivity contribution in [2.24, 2.45) is 0 Å². The van der Waals surface area contributed by atoms with Gasteiger partial charge in [0.2, 0.25) is 0 Å². The molecule has 0 spiro atoms. The number of nitrogens with one attached hydrogen (secondary N) is 1. The number of nitrogens with zero attached hydrogens (tertiary/aromatic N) is 1. The molecule has 3 rings (SSSR count). The molecule has 2 aromatic carbocycles. The highest BCUT2D eigenvalue weighted by Crippen LogP contribution is 2.25. The van der Waals surface area contributed by atoms with E-state index in [9.17, 15) is 9.18 Å². The molecule has 1 aliphatic heterocycles. The van der Waals surface area contributed by atoms with Crippen molar-refractivity contribution < 1.29 is 14.3 Å². The number of aliphatic carboxylic acids is 1. The summed E-state index contributed by atoms with van der Waals surface area (Å²) in [5.74, 6) is -1.26. The van der Waals surface area contributed by atoms with Crippen molar-refractivity contribution >= 4 is 17.3 Å². The number of aryl methyl sites for hydroxylation is 2. The number of hydrogen-bond donors (Lipinski definition) is 2. The molecule has 0 bridgehead atoms. The van der Waals surface area contributed by atoms with Gasteiger partial charge in [-0.2, -0.15) is 0 Å². The first-order valence-corrected chi connectivity index (χ1v) is 8.60. The van der Waals surface area contributed by atoms with Crippen molar-refractivity contribution in [3.8, 4) is 0 Å². The Balaban J connectivity index is 1.69. The highest BCUT2D eigenvalue weighted by atomic mass is 19.1. The van der Waals surface area contributed by atoms with Gasteiger partial charge in [-0.25, -0.2) is 4.39 Å². The first-order valence-electron chi connectivity index (χ1n) is 8.60. The quantitative estimate of drug-likeness (QED) is 0.837. The smallest absolute Gasteiger partial charge is 0.303 e. The highest BCUT2D eigenvalue weighted by molar-refractivity contribution is 5.67. The SMILES string of the molecule is CN(Cc1ccc2c(c1)NCCC2)c1ccc(CCC(=O)O)c(F)c1. The molecule has 132 valence electrons. The first-order chi connectivity index (χ1) is 12.0. The number of fused-ring (bicyclic) bond motifs is 1. The van der Waals surface area contributed by atoms with Crippen molar-refractivity contribution in [2.75, 3.05) is 23.8 Å². The summed E-state index contributed by atoms with van der Waals surface area (Å²) in [6.07, 6.45) is 2.43. The van der Waals surface area contributed by atoms with Gasteiger partial charge in [-0.3, -0.25) is 4.79 Å². The number of carbonyl (C=O) groups is 1. The van der Waals surface area contributed by atoms with Crippen LogP contribution in [0.4, 0.5) is 15.8 Å². The number of benzene rings is 2. The van der Waals surface area contributed by atoms with Crippen LogP contribution >= 0.6 is 0 Å². The van der Waals surface area contributed by atoms with Crippen LogP contribution in [0, 0.1) is 5.82 Å². The van der Waals surface area contributed by atoms with Gasteiger partial charge >= 0.3 is 5.97 Å². The molecule has 2 aromatic rings. The molecule has 1 aliphatic rings. The zero-order valence-electron chi connectivity index (χ0n) is 14.4. The average molecular weight is 342 g/mol. The van der Waals surface area contributed by atoms with E-state index in [0.29, 0.717) is 12.1 Å². The van der Waals surface area contributed by atoms with Gasteiger partial charge in [-0.15, -0.1) is 0 Å². The van der Waals surface area contributed by atoms with Crippen LogP contribution in [0.2, 0.25) is 0 Å². The molecule has 2 N–H and O–H groups in total. The number of carboxylic acid groups (broad SMARTS) is 1. The fourth-order valence-electron chi connectivity index (χ4n) is 3.19. The number of halogens is 1. The van der Waals surface area contributed by atoms with E-state index >= 15 is 0 Å². The summed E-state index contributed by atoms with van der Waals surface area (Å²) in [4.78, 5) is 12.6.